The summed E-state index contributed by atoms with van der Waals surface area (Å²) in [6.45, 7) is 7.25. The largest absolute Gasteiger partial charge is 0.486 e. The fraction of sp³-hybridized carbons (Fsp3) is 0.579. The van der Waals surface area contributed by atoms with E-state index in [0.29, 0.717) is 50.9 Å². The predicted octanol–water partition coefficient (Wildman–Crippen LogP) is 1.34. The van der Waals surface area contributed by atoms with Crippen molar-refractivity contribution in [1.29, 1.82) is 0 Å². The van der Waals surface area contributed by atoms with Gasteiger partial charge in [0.05, 0.1) is 12.2 Å². The zero-order chi connectivity index (χ0) is 19.0. The van der Waals surface area contributed by atoms with E-state index < -0.39 is 0 Å². The minimum atomic E-state index is -0.158. The Morgan fingerprint density at radius 1 is 1.07 bits per heavy atom. The van der Waals surface area contributed by atoms with Crippen LogP contribution in [0, 0.1) is 0 Å². The molecule has 3 amide bonds. The molecule has 1 aromatic carbocycles. The highest BCUT2D eigenvalue weighted by atomic mass is 16.6. The van der Waals surface area contributed by atoms with Gasteiger partial charge in [0.15, 0.2) is 11.5 Å². The number of hydrogen-bond acceptors (Lipinski definition) is 5. The van der Waals surface area contributed by atoms with Gasteiger partial charge in [0.2, 0.25) is 5.91 Å². The minimum absolute atomic E-state index is 0.0150. The van der Waals surface area contributed by atoms with Crippen molar-refractivity contribution >= 4 is 17.6 Å². The smallest absolute Gasteiger partial charge is 0.325 e. The number of carbonyl (C=O) groups excluding carboxylic acids is 2. The maximum absolute atomic E-state index is 12.8. The Morgan fingerprint density at radius 2 is 1.78 bits per heavy atom. The molecule has 1 aromatic rings. The van der Waals surface area contributed by atoms with Gasteiger partial charge in [-0.3, -0.25) is 9.69 Å². The van der Waals surface area contributed by atoms with Gasteiger partial charge in [0, 0.05) is 37.9 Å². The van der Waals surface area contributed by atoms with Crippen LogP contribution in [0.15, 0.2) is 18.2 Å². The summed E-state index contributed by atoms with van der Waals surface area (Å²) in [5.74, 6) is 1.31. The van der Waals surface area contributed by atoms with Crippen LogP contribution in [0.2, 0.25) is 0 Å². The summed E-state index contributed by atoms with van der Waals surface area (Å²) in [7, 11) is 0. The quantitative estimate of drug-likeness (QED) is 0.797. The molecule has 8 heteroatoms. The van der Waals surface area contributed by atoms with Crippen molar-refractivity contribution in [2.75, 3.05) is 50.8 Å². The Labute approximate surface area is 158 Å². The predicted molar refractivity (Wildman–Crippen MR) is 98.3 cm³/mol. The van der Waals surface area contributed by atoms with Crippen molar-refractivity contribution in [2.24, 2.45) is 0 Å². The lowest BCUT2D eigenvalue weighted by Gasteiger charge is -2.36. The van der Waals surface area contributed by atoms with Crippen LogP contribution in [0.25, 0.3) is 0 Å². The number of fused-ring (bicyclic) bond motifs is 1. The molecular weight excluding hydrogens is 350 g/mol. The van der Waals surface area contributed by atoms with Gasteiger partial charge in [-0.2, -0.15) is 0 Å². The lowest BCUT2D eigenvalue weighted by molar-refractivity contribution is -0.143. The third-order valence-electron chi connectivity index (χ3n) is 5.03. The maximum atomic E-state index is 12.8. The molecule has 2 fully saturated rings. The average molecular weight is 375 g/mol. The molecule has 4 rings (SSSR count). The second-order valence-electron chi connectivity index (χ2n) is 7.24. The van der Waals surface area contributed by atoms with E-state index in [2.05, 4.69) is 0 Å². The first kappa shape index (κ1) is 17.9. The van der Waals surface area contributed by atoms with E-state index in [4.69, 9.17) is 14.2 Å². The number of ether oxygens (including phenoxy) is 3. The molecule has 0 aliphatic carbocycles. The molecule has 8 nitrogen and oxygen atoms in total. The molecule has 0 aromatic heterocycles. The third-order valence-corrected chi connectivity index (χ3v) is 5.03. The number of carbonyl (C=O) groups is 2. The van der Waals surface area contributed by atoms with Crippen LogP contribution in [-0.4, -0.2) is 79.9 Å². The summed E-state index contributed by atoms with van der Waals surface area (Å²) >= 11 is 0. The Balaban J connectivity index is 1.40. The SMILES string of the molecule is CC1CN(C(=O)CN2CCN(c3ccc4c(c3)OCCO4)C2=O)CC(C)O1. The Morgan fingerprint density at radius 3 is 2.52 bits per heavy atom. The fourth-order valence-electron chi connectivity index (χ4n) is 3.81. The number of nitrogens with zero attached hydrogens (tertiary/aromatic N) is 3. The van der Waals surface area contributed by atoms with Crippen molar-refractivity contribution < 1.29 is 23.8 Å². The van der Waals surface area contributed by atoms with Gasteiger partial charge in [-0.25, -0.2) is 4.79 Å². The topological polar surface area (TPSA) is 71.6 Å². The number of amides is 3. The van der Waals surface area contributed by atoms with E-state index >= 15 is 0 Å². The Hall–Kier alpha value is -2.48. The molecule has 2 saturated heterocycles. The van der Waals surface area contributed by atoms with Gasteiger partial charge < -0.3 is 24.0 Å². The van der Waals surface area contributed by atoms with Crippen LogP contribution in [0.1, 0.15) is 13.8 Å². The second kappa shape index (κ2) is 7.26. The highest BCUT2D eigenvalue weighted by Crippen LogP contribution is 2.35. The molecule has 0 spiro atoms. The van der Waals surface area contributed by atoms with E-state index in [1.165, 1.54) is 0 Å². The van der Waals surface area contributed by atoms with Gasteiger partial charge >= 0.3 is 6.03 Å². The van der Waals surface area contributed by atoms with Crippen LogP contribution < -0.4 is 14.4 Å². The minimum Gasteiger partial charge on any atom is -0.486 e. The number of hydrogen-bond donors (Lipinski definition) is 0. The first-order valence-electron chi connectivity index (χ1n) is 9.40. The van der Waals surface area contributed by atoms with Crippen LogP contribution in [0.3, 0.4) is 0 Å². The highest BCUT2D eigenvalue weighted by molar-refractivity contribution is 5.96. The first-order valence-corrected chi connectivity index (χ1v) is 9.40. The van der Waals surface area contributed by atoms with Crippen molar-refractivity contribution in [3.8, 4) is 11.5 Å². The van der Waals surface area contributed by atoms with Crippen molar-refractivity contribution in [2.45, 2.75) is 26.1 Å². The summed E-state index contributed by atoms with van der Waals surface area (Å²) in [5.41, 5.74) is 0.757. The van der Waals surface area contributed by atoms with Crippen molar-refractivity contribution in [3.63, 3.8) is 0 Å². The molecular formula is C19H25N3O5. The normalized spacial score (nSPS) is 25.1. The van der Waals surface area contributed by atoms with E-state index in [1.807, 2.05) is 32.0 Å². The monoisotopic (exact) mass is 375 g/mol. The molecule has 146 valence electrons. The summed E-state index contributed by atoms with van der Waals surface area (Å²) in [4.78, 5) is 30.5. The van der Waals surface area contributed by atoms with Crippen molar-refractivity contribution in [3.05, 3.63) is 18.2 Å². The van der Waals surface area contributed by atoms with Crippen LogP contribution in [0.4, 0.5) is 10.5 Å². The van der Waals surface area contributed by atoms with E-state index in [9.17, 15) is 9.59 Å². The lowest BCUT2D eigenvalue weighted by Crippen LogP contribution is -2.51. The lowest BCUT2D eigenvalue weighted by atomic mass is 10.2. The molecule has 2 atom stereocenters. The first-order chi connectivity index (χ1) is 13.0. The maximum Gasteiger partial charge on any atom is 0.325 e. The van der Waals surface area contributed by atoms with Crippen LogP contribution in [-0.2, 0) is 9.53 Å². The molecule has 0 N–H and O–H groups in total. The number of anilines is 1. The summed E-state index contributed by atoms with van der Waals surface area (Å²) in [6.07, 6.45) is 0.0300. The zero-order valence-corrected chi connectivity index (χ0v) is 15.7. The number of benzene rings is 1. The molecule has 27 heavy (non-hydrogen) atoms. The summed E-state index contributed by atoms with van der Waals surface area (Å²) in [6, 6.07) is 5.33. The molecule has 3 aliphatic heterocycles. The van der Waals surface area contributed by atoms with E-state index in [0.717, 1.165) is 5.69 Å². The summed E-state index contributed by atoms with van der Waals surface area (Å²) in [5, 5.41) is 0. The van der Waals surface area contributed by atoms with Gasteiger partial charge in [-0.15, -0.1) is 0 Å². The second-order valence-corrected chi connectivity index (χ2v) is 7.24. The van der Waals surface area contributed by atoms with Gasteiger partial charge in [-0.05, 0) is 26.0 Å². The van der Waals surface area contributed by atoms with Gasteiger partial charge in [0.1, 0.15) is 19.8 Å². The molecule has 0 radical (unpaired) electrons. The summed E-state index contributed by atoms with van der Waals surface area (Å²) < 4.78 is 16.8. The van der Waals surface area contributed by atoms with Crippen LogP contribution in [0.5, 0.6) is 11.5 Å². The Kier molecular flexibility index (Phi) is 4.82. The molecule has 0 saturated carbocycles. The van der Waals surface area contributed by atoms with Crippen molar-refractivity contribution in [1.82, 2.24) is 9.80 Å². The third kappa shape index (κ3) is 3.66. The van der Waals surface area contributed by atoms with Crippen LogP contribution >= 0.6 is 0 Å². The van der Waals surface area contributed by atoms with E-state index in [-0.39, 0.29) is 30.7 Å². The fourth-order valence-corrected chi connectivity index (χ4v) is 3.81. The number of rotatable bonds is 3. The Bertz CT molecular complexity index is 730. The van der Waals surface area contributed by atoms with Gasteiger partial charge in [-0.1, -0.05) is 0 Å². The standard InChI is InChI=1S/C19H25N3O5/c1-13-10-21(11-14(2)27-13)18(23)12-20-5-6-22(19(20)24)15-3-4-16-17(9-15)26-8-7-25-16/h3-4,9,13-14H,5-8,10-12H2,1-2H3. The number of urea groups is 1. The highest BCUT2D eigenvalue weighted by Gasteiger charge is 2.34. The van der Waals surface area contributed by atoms with Gasteiger partial charge in [0.25, 0.3) is 0 Å². The average Bonchev–Trinajstić information content (AvgIpc) is 3.01. The molecule has 0 bridgehead atoms. The molecule has 3 heterocycles. The zero-order valence-electron chi connectivity index (χ0n) is 15.7. The molecule has 2 unspecified atom stereocenters. The van der Waals surface area contributed by atoms with E-state index in [1.54, 1.807) is 14.7 Å². The molecule has 3 aliphatic rings. The number of morpholine rings is 1.